The zero-order chi connectivity index (χ0) is 14.5. The molecule has 0 saturated carbocycles. The summed E-state index contributed by atoms with van der Waals surface area (Å²) in [6.45, 7) is 2.25. The molecule has 0 spiro atoms. The van der Waals surface area contributed by atoms with Gasteiger partial charge in [0.15, 0.2) is 0 Å². The Labute approximate surface area is 127 Å². The average Bonchev–Trinajstić information content (AvgIpc) is 2.98. The Morgan fingerprint density at radius 3 is 1.95 bits per heavy atom. The van der Waals surface area contributed by atoms with Gasteiger partial charge in [0.25, 0.3) is 0 Å². The number of allylic oxidation sites excluding steroid dienone is 4. The van der Waals surface area contributed by atoms with Crippen LogP contribution in [0.25, 0.3) is 0 Å². The molecule has 0 amide bonds. The SMILES string of the molecule is CCCC1=CCC(C(c2ccccc2)c2ccccc2)=C1. The number of rotatable bonds is 5. The van der Waals surface area contributed by atoms with Crippen molar-refractivity contribution in [3.05, 3.63) is 95.1 Å². The number of hydrogen-bond acceptors (Lipinski definition) is 0. The van der Waals surface area contributed by atoms with E-state index in [2.05, 4.69) is 79.7 Å². The highest BCUT2D eigenvalue weighted by Gasteiger charge is 2.20. The normalized spacial score (nSPS) is 14.2. The molecule has 2 aromatic rings. The minimum absolute atomic E-state index is 0.387. The number of hydrogen-bond donors (Lipinski definition) is 0. The summed E-state index contributed by atoms with van der Waals surface area (Å²) in [4.78, 5) is 0. The van der Waals surface area contributed by atoms with Crippen molar-refractivity contribution in [2.45, 2.75) is 32.1 Å². The number of benzene rings is 2. The molecule has 0 aliphatic heterocycles. The van der Waals surface area contributed by atoms with Crippen molar-refractivity contribution in [3.8, 4) is 0 Å². The smallest absolute Gasteiger partial charge is 0.0305 e. The van der Waals surface area contributed by atoms with E-state index in [1.54, 1.807) is 0 Å². The van der Waals surface area contributed by atoms with Gasteiger partial charge < -0.3 is 0 Å². The van der Waals surface area contributed by atoms with E-state index in [4.69, 9.17) is 0 Å². The van der Waals surface area contributed by atoms with Crippen LogP contribution >= 0.6 is 0 Å². The Kier molecular flexibility index (Phi) is 4.35. The van der Waals surface area contributed by atoms with Crippen LogP contribution in [0.5, 0.6) is 0 Å². The lowest BCUT2D eigenvalue weighted by Gasteiger charge is -2.19. The lowest BCUT2D eigenvalue weighted by atomic mass is 9.84. The standard InChI is InChI=1S/C21H22/c1-2-9-17-14-15-20(16-17)21(18-10-5-3-6-11-18)19-12-7-4-8-13-19/h3-8,10-14,16,21H,2,9,15H2,1H3. The summed E-state index contributed by atoms with van der Waals surface area (Å²) in [5.74, 6) is 0.387. The second-order valence-electron chi connectivity index (χ2n) is 5.71. The molecule has 0 bridgehead atoms. The second-order valence-corrected chi connectivity index (χ2v) is 5.71. The molecule has 21 heavy (non-hydrogen) atoms. The van der Waals surface area contributed by atoms with Crippen LogP contribution in [0, 0.1) is 0 Å². The highest BCUT2D eigenvalue weighted by molar-refractivity contribution is 5.46. The van der Waals surface area contributed by atoms with Crippen LogP contribution in [0.15, 0.2) is 84.0 Å². The van der Waals surface area contributed by atoms with Crippen LogP contribution < -0.4 is 0 Å². The molecule has 0 fully saturated rings. The summed E-state index contributed by atoms with van der Waals surface area (Å²) in [5, 5.41) is 0. The third-order valence-electron chi connectivity index (χ3n) is 4.15. The molecule has 0 heterocycles. The first-order valence-electron chi connectivity index (χ1n) is 7.88. The molecular weight excluding hydrogens is 252 g/mol. The summed E-state index contributed by atoms with van der Waals surface area (Å²) in [6.07, 6.45) is 8.33. The predicted octanol–water partition coefficient (Wildman–Crippen LogP) is 5.88. The van der Waals surface area contributed by atoms with Gasteiger partial charge in [-0.2, -0.15) is 0 Å². The Morgan fingerprint density at radius 2 is 1.43 bits per heavy atom. The molecule has 1 aliphatic carbocycles. The fourth-order valence-corrected chi connectivity index (χ4v) is 3.18. The minimum atomic E-state index is 0.387. The summed E-state index contributed by atoms with van der Waals surface area (Å²) in [6, 6.07) is 21.7. The molecule has 0 aromatic heterocycles. The Balaban J connectivity index is 1.97. The van der Waals surface area contributed by atoms with Crippen molar-refractivity contribution in [2.24, 2.45) is 0 Å². The molecule has 0 nitrogen and oxygen atoms in total. The molecule has 0 heteroatoms. The van der Waals surface area contributed by atoms with Gasteiger partial charge in [-0.05, 0) is 24.0 Å². The summed E-state index contributed by atoms with van der Waals surface area (Å²) >= 11 is 0. The summed E-state index contributed by atoms with van der Waals surface area (Å²) in [7, 11) is 0. The fourth-order valence-electron chi connectivity index (χ4n) is 3.18. The summed E-state index contributed by atoms with van der Waals surface area (Å²) in [5.41, 5.74) is 5.81. The molecule has 1 aliphatic rings. The fraction of sp³-hybridized carbons (Fsp3) is 0.238. The maximum absolute atomic E-state index is 2.42. The molecule has 3 rings (SSSR count). The predicted molar refractivity (Wildman–Crippen MR) is 90.4 cm³/mol. The largest absolute Gasteiger partial charge is 0.0772 e. The quantitative estimate of drug-likeness (QED) is 0.639. The molecular formula is C21H22. The van der Waals surface area contributed by atoms with E-state index in [-0.39, 0.29) is 0 Å². The molecule has 0 radical (unpaired) electrons. The molecule has 0 N–H and O–H groups in total. The minimum Gasteiger partial charge on any atom is -0.0772 e. The van der Waals surface area contributed by atoms with Crippen LogP contribution in [0.2, 0.25) is 0 Å². The average molecular weight is 274 g/mol. The van der Waals surface area contributed by atoms with Gasteiger partial charge in [-0.15, -0.1) is 0 Å². The van der Waals surface area contributed by atoms with Crippen molar-refractivity contribution in [1.29, 1.82) is 0 Å². The van der Waals surface area contributed by atoms with E-state index < -0.39 is 0 Å². The van der Waals surface area contributed by atoms with E-state index in [1.807, 2.05) is 0 Å². The molecule has 2 aromatic carbocycles. The van der Waals surface area contributed by atoms with Gasteiger partial charge in [0, 0.05) is 5.92 Å². The lowest BCUT2D eigenvalue weighted by molar-refractivity contribution is 0.917. The van der Waals surface area contributed by atoms with E-state index in [1.165, 1.54) is 35.1 Å². The van der Waals surface area contributed by atoms with Gasteiger partial charge in [-0.1, -0.05) is 97.3 Å². The molecule has 0 unspecified atom stereocenters. The van der Waals surface area contributed by atoms with Crippen molar-refractivity contribution >= 4 is 0 Å². The molecule has 0 saturated heterocycles. The lowest BCUT2D eigenvalue weighted by Crippen LogP contribution is -2.03. The highest BCUT2D eigenvalue weighted by Crippen LogP contribution is 2.37. The molecule has 106 valence electrons. The van der Waals surface area contributed by atoms with Crippen LogP contribution in [0.3, 0.4) is 0 Å². The second kappa shape index (κ2) is 6.58. The summed E-state index contributed by atoms with van der Waals surface area (Å²) < 4.78 is 0. The van der Waals surface area contributed by atoms with Gasteiger partial charge in [-0.25, -0.2) is 0 Å². The van der Waals surface area contributed by atoms with Gasteiger partial charge in [0.05, 0.1) is 0 Å². The zero-order valence-corrected chi connectivity index (χ0v) is 12.6. The van der Waals surface area contributed by atoms with Crippen molar-refractivity contribution in [3.63, 3.8) is 0 Å². The topological polar surface area (TPSA) is 0 Å². The van der Waals surface area contributed by atoms with Gasteiger partial charge in [0.2, 0.25) is 0 Å². The Bertz CT molecular complexity index is 593. The monoisotopic (exact) mass is 274 g/mol. The van der Waals surface area contributed by atoms with Crippen LogP contribution in [-0.2, 0) is 0 Å². The maximum atomic E-state index is 2.42. The van der Waals surface area contributed by atoms with E-state index in [0.29, 0.717) is 5.92 Å². The third-order valence-corrected chi connectivity index (χ3v) is 4.15. The van der Waals surface area contributed by atoms with Gasteiger partial charge >= 0.3 is 0 Å². The Hall–Kier alpha value is -2.08. The van der Waals surface area contributed by atoms with Crippen molar-refractivity contribution < 1.29 is 0 Å². The maximum Gasteiger partial charge on any atom is 0.0305 e. The van der Waals surface area contributed by atoms with E-state index in [0.717, 1.165) is 6.42 Å². The molecule has 0 atom stereocenters. The first-order chi connectivity index (χ1) is 10.4. The van der Waals surface area contributed by atoms with Gasteiger partial charge in [0.1, 0.15) is 0 Å². The van der Waals surface area contributed by atoms with E-state index >= 15 is 0 Å². The van der Waals surface area contributed by atoms with Crippen molar-refractivity contribution in [1.82, 2.24) is 0 Å². The zero-order valence-electron chi connectivity index (χ0n) is 12.6. The van der Waals surface area contributed by atoms with E-state index in [9.17, 15) is 0 Å². The first kappa shape index (κ1) is 13.9. The van der Waals surface area contributed by atoms with Gasteiger partial charge in [-0.3, -0.25) is 0 Å². The Morgan fingerprint density at radius 1 is 0.857 bits per heavy atom. The third kappa shape index (κ3) is 3.16. The van der Waals surface area contributed by atoms with Crippen LogP contribution in [-0.4, -0.2) is 0 Å². The van der Waals surface area contributed by atoms with Crippen LogP contribution in [0.4, 0.5) is 0 Å². The van der Waals surface area contributed by atoms with Crippen molar-refractivity contribution in [2.75, 3.05) is 0 Å². The first-order valence-corrected chi connectivity index (χ1v) is 7.88. The highest BCUT2D eigenvalue weighted by atomic mass is 14.2. The van der Waals surface area contributed by atoms with Crippen LogP contribution in [0.1, 0.15) is 43.2 Å².